The lowest BCUT2D eigenvalue weighted by atomic mass is 10.1. The van der Waals surface area contributed by atoms with Crippen LogP contribution >= 0.6 is 0 Å². The Labute approximate surface area is 138 Å². The molecule has 1 saturated heterocycles. The van der Waals surface area contributed by atoms with E-state index in [0.717, 1.165) is 11.1 Å². The fourth-order valence-electron chi connectivity index (χ4n) is 3.03. The molecule has 23 heavy (non-hydrogen) atoms. The monoisotopic (exact) mass is 361 g/mol. The number of sulfonamides is 1. The first-order valence-electron chi connectivity index (χ1n) is 7.41. The van der Waals surface area contributed by atoms with Crippen LogP contribution in [-0.2, 0) is 19.9 Å². The second-order valence-electron chi connectivity index (χ2n) is 6.02. The van der Waals surface area contributed by atoms with Gasteiger partial charge in [-0.05, 0) is 49.9 Å². The van der Waals surface area contributed by atoms with Gasteiger partial charge in [-0.15, -0.1) is 0 Å². The first-order chi connectivity index (χ1) is 10.6. The van der Waals surface area contributed by atoms with E-state index in [2.05, 4.69) is 0 Å². The SMILES string of the molecule is COc1c(C)cc(S(=O)(=O)N2CCC(S(C)(=O)=O)CC2)cc1C. The van der Waals surface area contributed by atoms with Crippen molar-refractivity contribution in [2.24, 2.45) is 0 Å². The van der Waals surface area contributed by atoms with Crippen LogP contribution in [0.15, 0.2) is 17.0 Å². The summed E-state index contributed by atoms with van der Waals surface area (Å²) in [7, 11) is -5.18. The number of methoxy groups -OCH3 is 1. The lowest BCUT2D eigenvalue weighted by Crippen LogP contribution is -2.42. The van der Waals surface area contributed by atoms with Crippen molar-refractivity contribution in [1.82, 2.24) is 4.31 Å². The number of benzene rings is 1. The summed E-state index contributed by atoms with van der Waals surface area (Å²) in [6.07, 6.45) is 1.89. The number of ether oxygens (including phenoxy) is 1. The molecule has 1 aromatic carbocycles. The molecule has 0 aliphatic carbocycles. The van der Waals surface area contributed by atoms with E-state index < -0.39 is 25.1 Å². The van der Waals surface area contributed by atoms with Gasteiger partial charge in [0.25, 0.3) is 0 Å². The zero-order valence-corrected chi connectivity index (χ0v) is 15.5. The molecular weight excluding hydrogens is 338 g/mol. The number of nitrogens with zero attached hydrogens (tertiary/aromatic N) is 1. The Morgan fingerprint density at radius 3 is 1.91 bits per heavy atom. The molecule has 0 amide bonds. The van der Waals surface area contributed by atoms with Crippen LogP contribution in [0, 0.1) is 13.8 Å². The van der Waals surface area contributed by atoms with Gasteiger partial charge in [-0.25, -0.2) is 16.8 Å². The molecule has 1 aliphatic heterocycles. The number of sulfone groups is 1. The smallest absolute Gasteiger partial charge is 0.243 e. The van der Waals surface area contributed by atoms with E-state index in [-0.39, 0.29) is 18.0 Å². The topological polar surface area (TPSA) is 80.8 Å². The van der Waals surface area contributed by atoms with Crippen molar-refractivity contribution in [1.29, 1.82) is 0 Å². The van der Waals surface area contributed by atoms with Crippen LogP contribution in [0.5, 0.6) is 5.75 Å². The minimum atomic E-state index is -3.62. The second kappa shape index (κ2) is 6.41. The van der Waals surface area contributed by atoms with Gasteiger partial charge >= 0.3 is 0 Å². The Bertz CT molecular complexity index is 768. The Kier molecular flexibility index (Phi) is 5.08. The maximum atomic E-state index is 12.8. The minimum absolute atomic E-state index is 0.226. The summed E-state index contributed by atoms with van der Waals surface area (Å²) in [4.78, 5) is 0.228. The average molecular weight is 361 g/mol. The molecular formula is C15H23NO5S2. The zero-order valence-electron chi connectivity index (χ0n) is 13.9. The Morgan fingerprint density at radius 2 is 1.52 bits per heavy atom. The van der Waals surface area contributed by atoms with E-state index in [1.54, 1.807) is 33.1 Å². The Hall–Kier alpha value is -1.12. The fraction of sp³-hybridized carbons (Fsp3) is 0.600. The summed E-state index contributed by atoms with van der Waals surface area (Å²) in [6.45, 7) is 4.07. The number of aryl methyl sites for hydroxylation is 2. The van der Waals surface area contributed by atoms with E-state index in [0.29, 0.717) is 18.6 Å². The maximum absolute atomic E-state index is 12.8. The average Bonchev–Trinajstić information content (AvgIpc) is 2.46. The summed E-state index contributed by atoms with van der Waals surface area (Å²) in [6, 6.07) is 3.20. The molecule has 1 aromatic rings. The fourth-order valence-corrected chi connectivity index (χ4v) is 5.74. The highest BCUT2D eigenvalue weighted by molar-refractivity contribution is 7.91. The largest absolute Gasteiger partial charge is 0.496 e. The van der Waals surface area contributed by atoms with Crippen molar-refractivity contribution in [2.45, 2.75) is 36.8 Å². The van der Waals surface area contributed by atoms with Crippen LogP contribution in [0.1, 0.15) is 24.0 Å². The van der Waals surface area contributed by atoms with Crippen molar-refractivity contribution in [3.63, 3.8) is 0 Å². The highest BCUT2D eigenvalue weighted by Gasteiger charge is 2.33. The van der Waals surface area contributed by atoms with Gasteiger partial charge in [-0.2, -0.15) is 4.31 Å². The molecule has 0 N–H and O–H groups in total. The maximum Gasteiger partial charge on any atom is 0.243 e. The van der Waals surface area contributed by atoms with E-state index in [9.17, 15) is 16.8 Å². The van der Waals surface area contributed by atoms with Gasteiger partial charge < -0.3 is 4.74 Å². The molecule has 0 bridgehead atoms. The van der Waals surface area contributed by atoms with Crippen molar-refractivity contribution in [3.05, 3.63) is 23.3 Å². The molecule has 0 atom stereocenters. The van der Waals surface area contributed by atoms with Crippen LogP contribution in [0.3, 0.4) is 0 Å². The Balaban J connectivity index is 2.27. The number of piperidine rings is 1. The predicted molar refractivity (Wildman–Crippen MR) is 89.1 cm³/mol. The van der Waals surface area contributed by atoms with Gasteiger partial charge in [0.05, 0.1) is 17.3 Å². The molecule has 6 nitrogen and oxygen atoms in total. The van der Waals surface area contributed by atoms with Crippen molar-refractivity contribution in [2.75, 3.05) is 26.5 Å². The number of hydrogen-bond acceptors (Lipinski definition) is 5. The first kappa shape index (κ1) is 18.2. The molecule has 130 valence electrons. The normalized spacial score (nSPS) is 18.1. The minimum Gasteiger partial charge on any atom is -0.496 e. The molecule has 0 unspecified atom stereocenters. The van der Waals surface area contributed by atoms with Gasteiger partial charge in [0.15, 0.2) is 0 Å². The highest BCUT2D eigenvalue weighted by atomic mass is 32.2. The summed E-state index contributed by atoms with van der Waals surface area (Å²) in [5.41, 5.74) is 1.52. The molecule has 0 aromatic heterocycles. The van der Waals surface area contributed by atoms with Crippen LogP contribution < -0.4 is 4.74 Å². The van der Waals surface area contributed by atoms with Gasteiger partial charge in [0.1, 0.15) is 15.6 Å². The number of hydrogen-bond donors (Lipinski definition) is 0. The van der Waals surface area contributed by atoms with Gasteiger partial charge in [-0.1, -0.05) is 0 Å². The summed E-state index contributed by atoms with van der Waals surface area (Å²) >= 11 is 0. The molecule has 1 aliphatic rings. The van der Waals surface area contributed by atoms with Crippen LogP contribution in [-0.4, -0.2) is 52.8 Å². The lowest BCUT2D eigenvalue weighted by Gasteiger charge is -2.30. The summed E-state index contributed by atoms with van der Waals surface area (Å²) < 4.78 is 55.4. The van der Waals surface area contributed by atoms with Gasteiger partial charge in [0, 0.05) is 19.3 Å². The summed E-state index contributed by atoms with van der Waals surface area (Å²) in [5.74, 6) is 0.680. The van der Waals surface area contributed by atoms with Gasteiger partial charge in [-0.3, -0.25) is 0 Å². The second-order valence-corrected chi connectivity index (χ2v) is 10.3. The van der Waals surface area contributed by atoms with Crippen LogP contribution in [0.25, 0.3) is 0 Å². The zero-order chi connectivity index (χ0) is 17.4. The van der Waals surface area contributed by atoms with E-state index >= 15 is 0 Å². The predicted octanol–water partition coefficient (Wildman–Crippen LogP) is 1.51. The third-order valence-corrected chi connectivity index (χ3v) is 7.84. The van der Waals surface area contributed by atoms with E-state index in [1.165, 1.54) is 10.6 Å². The van der Waals surface area contributed by atoms with Crippen LogP contribution in [0.2, 0.25) is 0 Å². The standard InChI is InChI=1S/C15H23NO5S2/c1-11-9-14(10-12(2)15(11)21-3)23(19,20)16-7-5-13(6-8-16)22(4,17)18/h9-10,13H,5-8H2,1-4H3. The molecule has 0 saturated carbocycles. The van der Waals surface area contributed by atoms with E-state index in [4.69, 9.17) is 4.74 Å². The highest BCUT2D eigenvalue weighted by Crippen LogP contribution is 2.29. The quantitative estimate of drug-likeness (QED) is 0.812. The first-order valence-corrected chi connectivity index (χ1v) is 10.8. The van der Waals surface area contributed by atoms with Crippen molar-refractivity contribution >= 4 is 19.9 Å². The molecule has 2 rings (SSSR count). The Morgan fingerprint density at radius 1 is 1.04 bits per heavy atom. The molecule has 1 heterocycles. The molecule has 1 fully saturated rings. The third-order valence-electron chi connectivity index (χ3n) is 4.28. The molecule has 8 heteroatoms. The van der Waals surface area contributed by atoms with E-state index in [1.807, 2.05) is 0 Å². The van der Waals surface area contributed by atoms with Crippen molar-refractivity contribution in [3.8, 4) is 5.75 Å². The lowest BCUT2D eigenvalue weighted by molar-refractivity contribution is 0.346. The number of rotatable bonds is 4. The summed E-state index contributed by atoms with van der Waals surface area (Å²) in [5, 5.41) is -0.451. The van der Waals surface area contributed by atoms with Crippen LogP contribution in [0.4, 0.5) is 0 Å². The third kappa shape index (κ3) is 3.70. The van der Waals surface area contributed by atoms with Gasteiger partial charge in [0.2, 0.25) is 10.0 Å². The molecule has 0 spiro atoms. The molecule has 0 radical (unpaired) electrons. The van der Waals surface area contributed by atoms with Crippen molar-refractivity contribution < 1.29 is 21.6 Å².